The molecule has 0 N–H and O–H groups in total. The number of aryl methyl sites for hydroxylation is 4. The number of para-hydroxylation sites is 2. The zero-order valence-corrected chi connectivity index (χ0v) is 35.0. The number of benzene rings is 8. The summed E-state index contributed by atoms with van der Waals surface area (Å²) in [5.41, 5.74) is 20.6. The molecule has 8 aromatic carbocycles. The summed E-state index contributed by atoms with van der Waals surface area (Å²) in [6.45, 7) is 10.8. The summed E-state index contributed by atoms with van der Waals surface area (Å²) in [6, 6.07) is 57.0. The summed E-state index contributed by atoms with van der Waals surface area (Å²) in [7, 11) is 0. The smallest absolute Gasteiger partial charge is 0.309 e. The van der Waals surface area contributed by atoms with E-state index in [0.717, 1.165) is 61.4 Å². The maximum absolute atomic E-state index is 9.54. The lowest BCUT2D eigenvalue weighted by atomic mass is 9.95. The molecule has 0 saturated heterocycles. The van der Waals surface area contributed by atoms with Crippen LogP contribution in [0.25, 0.3) is 98.3 Å². The van der Waals surface area contributed by atoms with E-state index in [0.29, 0.717) is 6.54 Å². The van der Waals surface area contributed by atoms with Crippen LogP contribution in [0.1, 0.15) is 46.3 Å². The highest BCUT2D eigenvalue weighted by Gasteiger charge is 2.21. The third-order valence-electron chi connectivity index (χ3n) is 12.7. The quantitative estimate of drug-likeness (QED) is 0.151. The van der Waals surface area contributed by atoms with Gasteiger partial charge in [-0.25, -0.2) is 0 Å². The monoisotopic (exact) mass is 788 g/mol. The van der Waals surface area contributed by atoms with Crippen molar-refractivity contribution in [3.8, 4) is 44.8 Å². The van der Waals surface area contributed by atoms with Crippen molar-refractivity contribution < 1.29 is 0 Å². The molecule has 1 atom stereocenters. The molecular weight excluding hydrogens is 745 g/mol. The number of hydrogen-bond donors (Lipinski definition) is 0. The average Bonchev–Trinajstić information content (AvgIpc) is 3.79. The van der Waals surface area contributed by atoms with Crippen LogP contribution in [-0.2, 0) is 6.54 Å². The van der Waals surface area contributed by atoms with E-state index in [1.54, 1.807) is 0 Å². The molecule has 6 heteroatoms. The number of fused-ring (bicyclic) bond motifs is 6. The fraction of sp³-hybridized carbons (Fsp3) is 0.127. The van der Waals surface area contributed by atoms with Crippen molar-refractivity contribution in [3.05, 3.63) is 201 Å². The Kier molecular flexibility index (Phi) is 9.08. The van der Waals surface area contributed by atoms with Crippen LogP contribution >= 0.6 is 0 Å². The molecule has 292 valence electrons. The average molecular weight is 789 g/mol. The van der Waals surface area contributed by atoms with Crippen LogP contribution in [0.4, 0.5) is 0 Å². The Balaban J connectivity index is 1.02. The van der Waals surface area contributed by atoms with Gasteiger partial charge in [-0.05, 0) is 150 Å². The van der Waals surface area contributed by atoms with E-state index in [1.807, 2.05) is 6.92 Å². The van der Waals surface area contributed by atoms with Gasteiger partial charge in [-0.15, -0.1) is 0 Å². The van der Waals surface area contributed by atoms with Gasteiger partial charge in [0.25, 0.3) is 0 Å². The van der Waals surface area contributed by atoms with Gasteiger partial charge in [0.2, 0.25) is 10.8 Å². The normalized spacial score (nSPS) is 12.0. The lowest BCUT2D eigenvalue weighted by Gasteiger charge is -2.16. The van der Waals surface area contributed by atoms with Crippen molar-refractivity contribution in [1.29, 1.82) is 10.8 Å². The first-order valence-corrected chi connectivity index (χ1v) is 20.9. The van der Waals surface area contributed by atoms with Crippen LogP contribution < -0.4 is 0 Å². The van der Waals surface area contributed by atoms with Gasteiger partial charge >= 0.3 is 12.6 Å². The molecule has 0 radical (unpaired) electrons. The first-order chi connectivity index (χ1) is 29.7. The molecule has 1 unspecified atom stereocenters. The van der Waals surface area contributed by atoms with E-state index < -0.39 is 0 Å². The maximum Gasteiger partial charge on any atom is 0.336 e. The SMILES string of the molecule is Cc1cc(-c2ccc3c(c2)c2ccccc2n3-c2ccc(-c3ccc(-n4c5ccccc5c5cc(-c6ccc(C)c(C(C)[N+]#N)c6)ccc54)cc3C)c(C)c2)ccc1C[N+]#N. The van der Waals surface area contributed by atoms with Gasteiger partial charge < -0.3 is 9.13 Å². The Bertz CT molecular complexity index is 3500. The highest BCUT2D eigenvalue weighted by molar-refractivity contribution is 6.11. The summed E-state index contributed by atoms with van der Waals surface area (Å²) in [5.74, 6) is 0. The minimum atomic E-state index is -0.288. The lowest BCUT2D eigenvalue weighted by molar-refractivity contribution is 0.919. The number of nitrogens with zero attached hydrogens (tertiary/aromatic N) is 6. The molecule has 61 heavy (non-hydrogen) atoms. The molecule has 0 saturated carbocycles. The van der Waals surface area contributed by atoms with E-state index in [4.69, 9.17) is 5.39 Å². The predicted octanol–water partition coefficient (Wildman–Crippen LogP) is 15.4. The van der Waals surface area contributed by atoms with Gasteiger partial charge in [-0.2, -0.15) is 0 Å². The topological polar surface area (TPSA) is 66.2 Å². The minimum Gasteiger partial charge on any atom is -0.309 e. The molecule has 10 aromatic rings. The molecule has 0 amide bonds. The molecule has 0 bridgehead atoms. The Labute approximate surface area is 355 Å². The van der Waals surface area contributed by atoms with Crippen molar-refractivity contribution in [2.45, 2.75) is 47.2 Å². The van der Waals surface area contributed by atoms with Crippen LogP contribution in [0.3, 0.4) is 0 Å². The molecule has 0 spiro atoms. The van der Waals surface area contributed by atoms with Crippen LogP contribution in [0.5, 0.6) is 0 Å². The van der Waals surface area contributed by atoms with Crippen molar-refractivity contribution in [2.24, 2.45) is 0 Å². The molecular formula is C55H44N6+2. The van der Waals surface area contributed by atoms with E-state index in [1.165, 1.54) is 60.3 Å². The molecule has 0 aliphatic heterocycles. The minimum absolute atomic E-state index is 0.288. The van der Waals surface area contributed by atoms with Crippen molar-refractivity contribution in [1.82, 2.24) is 9.13 Å². The first-order valence-electron chi connectivity index (χ1n) is 20.9. The summed E-state index contributed by atoms with van der Waals surface area (Å²) in [4.78, 5) is 6.91. The lowest BCUT2D eigenvalue weighted by Crippen LogP contribution is -1.98. The fourth-order valence-electron chi connectivity index (χ4n) is 9.50. The number of diazo groups is 2. The van der Waals surface area contributed by atoms with Crippen LogP contribution in [0.2, 0.25) is 0 Å². The molecule has 0 aliphatic rings. The van der Waals surface area contributed by atoms with Crippen molar-refractivity contribution in [3.63, 3.8) is 0 Å². The van der Waals surface area contributed by atoms with Gasteiger partial charge in [0.15, 0.2) is 0 Å². The van der Waals surface area contributed by atoms with Gasteiger partial charge in [0.1, 0.15) is 9.95 Å². The Morgan fingerprint density at radius 1 is 0.443 bits per heavy atom. The van der Waals surface area contributed by atoms with Crippen molar-refractivity contribution >= 4 is 43.6 Å². The van der Waals surface area contributed by atoms with Crippen molar-refractivity contribution in [2.75, 3.05) is 0 Å². The number of aromatic nitrogens is 2. The van der Waals surface area contributed by atoms with Gasteiger partial charge in [-0.1, -0.05) is 91.0 Å². The zero-order valence-electron chi connectivity index (χ0n) is 35.0. The van der Waals surface area contributed by atoms with E-state index >= 15 is 0 Å². The van der Waals surface area contributed by atoms with Crippen LogP contribution in [0.15, 0.2) is 158 Å². The van der Waals surface area contributed by atoms with Gasteiger partial charge in [-0.3, -0.25) is 0 Å². The highest BCUT2D eigenvalue weighted by Crippen LogP contribution is 2.40. The van der Waals surface area contributed by atoms with Gasteiger partial charge in [0, 0.05) is 51.0 Å². The van der Waals surface area contributed by atoms with Gasteiger partial charge in [0.05, 0.1) is 22.1 Å². The molecule has 2 aromatic heterocycles. The summed E-state index contributed by atoms with van der Waals surface area (Å²) >= 11 is 0. The third kappa shape index (κ3) is 6.24. The van der Waals surface area contributed by atoms with E-state index in [-0.39, 0.29) is 6.04 Å². The number of rotatable bonds is 7. The first kappa shape index (κ1) is 37.5. The molecule has 0 fully saturated rings. The number of hydrogen-bond acceptors (Lipinski definition) is 2. The second-order valence-electron chi connectivity index (χ2n) is 16.5. The summed E-state index contributed by atoms with van der Waals surface area (Å²) in [6.07, 6.45) is 0. The molecule has 2 heterocycles. The molecule has 6 nitrogen and oxygen atoms in total. The summed E-state index contributed by atoms with van der Waals surface area (Å²) < 4.78 is 4.76. The van der Waals surface area contributed by atoms with Crippen LogP contribution in [-0.4, -0.2) is 9.13 Å². The second-order valence-corrected chi connectivity index (χ2v) is 16.5. The van der Waals surface area contributed by atoms with E-state index in [9.17, 15) is 5.39 Å². The Morgan fingerprint density at radius 2 is 0.918 bits per heavy atom. The molecule has 0 aliphatic carbocycles. The standard InChI is InChI=1S/C55H44N6/c1-33-14-15-39(29-49(33)37(5)59-57)41-19-25-55-51(31-41)48-11-7-9-13-53(48)61(55)44-21-23-46(36(4)28-44)45-22-20-43(27-35(45)3)60-52-12-8-6-10-47(52)50-30-40(18-24-54(50)60)38-16-17-42(32-58-56)34(2)26-38/h6-31,37H,32H2,1-5H3/q+2. The fourth-order valence-corrected chi connectivity index (χ4v) is 9.50. The zero-order chi connectivity index (χ0) is 41.9. The Hall–Kier alpha value is -7.80. The second kappa shape index (κ2) is 14.8. The van der Waals surface area contributed by atoms with Crippen LogP contribution in [0, 0.1) is 38.5 Å². The highest BCUT2D eigenvalue weighted by atomic mass is 15.0. The maximum atomic E-state index is 9.54. The largest absolute Gasteiger partial charge is 0.336 e. The molecule has 10 rings (SSSR count). The predicted molar refractivity (Wildman–Crippen MR) is 253 cm³/mol. The summed E-state index contributed by atoms with van der Waals surface area (Å²) in [5, 5.41) is 23.5. The van der Waals surface area contributed by atoms with E-state index in [2.05, 4.69) is 205 Å². The Morgan fingerprint density at radius 3 is 1.43 bits per heavy atom. The third-order valence-corrected chi connectivity index (χ3v) is 12.7.